The van der Waals surface area contributed by atoms with Crippen molar-refractivity contribution in [2.45, 2.75) is 51.4 Å². The molecule has 1 aliphatic carbocycles. The van der Waals surface area contributed by atoms with Gasteiger partial charge >= 0.3 is 5.97 Å². The highest BCUT2D eigenvalue weighted by Gasteiger charge is 2.37. The van der Waals surface area contributed by atoms with Gasteiger partial charge in [-0.15, -0.1) is 11.3 Å². The number of carboxylic acid groups (broad SMARTS) is 1. The maximum atomic E-state index is 11.1. The number of aromatic carboxylic acids is 1. The lowest BCUT2D eigenvalue weighted by Crippen LogP contribution is -2.34. The molecule has 0 spiro atoms. The maximum absolute atomic E-state index is 11.1. The van der Waals surface area contributed by atoms with E-state index in [4.69, 9.17) is 5.11 Å². The van der Waals surface area contributed by atoms with Crippen molar-refractivity contribution in [2.24, 2.45) is 0 Å². The van der Waals surface area contributed by atoms with E-state index >= 15 is 0 Å². The Bertz CT molecular complexity index is 1100. The first-order valence-corrected chi connectivity index (χ1v) is 11.3. The van der Waals surface area contributed by atoms with Crippen LogP contribution in [0, 0.1) is 0 Å². The summed E-state index contributed by atoms with van der Waals surface area (Å²) in [7, 11) is 0. The molecule has 2 nitrogen and oxygen atoms in total. The van der Waals surface area contributed by atoms with Crippen LogP contribution in [0.25, 0.3) is 22.6 Å². The average Bonchev–Trinajstić information content (AvgIpc) is 3.24. The van der Waals surface area contributed by atoms with Gasteiger partial charge in [0.25, 0.3) is 0 Å². The molecule has 0 bridgehead atoms. The number of carboxylic acids is 1. The van der Waals surface area contributed by atoms with Gasteiger partial charge in [-0.2, -0.15) is 0 Å². The molecule has 0 unspecified atom stereocenters. The third kappa shape index (κ3) is 3.87. The van der Waals surface area contributed by atoms with E-state index in [0.29, 0.717) is 5.56 Å². The van der Waals surface area contributed by atoms with Gasteiger partial charge in [0, 0.05) is 4.88 Å². The smallest absolute Gasteiger partial charge is 0.335 e. The van der Waals surface area contributed by atoms with E-state index in [1.807, 2.05) is 12.1 Å². The van der Waals surface area contributed by atoms with E-state index in [-0.39, 0.29) is 10.8 Å². The zero-order valence-corrected chi connectivity index (χ0v) is 18.8. The van der Waals surface area contributed by atoms with Crippen molar-refractivity contribution in [3.8, 4) is 10.4 Å². The largest absolute Gasteiger partial charge is 0.478 e. The van der Waals surface area contributed by atoms with Gasteiger partial charge in [0.1, 0.15) is 0 Å². The molecule has 1 heterocycles. The Morgan fingerprint density at radius 3 is 2.13 bits per heavy atom. The summed E-state index contributed by atoms with van der Waals surface area (Å²) in [6.07, 6.45) is 6.63. The van der Waals surface area contributed by atoms with E-state index in [9.17, 15) is 4.79 Å². The zero-order chi connectivity index (χ0) is 21.5. The number of thiophene rings is 1. The Morgan fingerprint density at radius 2 is 1.57 bits per heavy atom. The molecule has 0 amide bonds. The molecule has 0 aliphatic heterocycles. The van der Waals surface area contributed by atoms with E-state index in [0.717, 1.165) is 5.56 Å². The van der Waals surface area contributed by atoms with Gasteiger partial charge in [0.2, 0.25) is 0 Å². The Kier molecular flexibility index (Phi) is 5.19. The lowest BCUT2D eigenvalue weighted by atomic mass is 9.62. The first-order chi connectivity index (χ1) is 14.2. The van der Waals surface area contributed by atoms with Crippen molar-refractivity contribution >= 4 is 29.5 Å². The normalized spacial score (nSPS) is 17.1. The first-order valence-electron chi connectivity index (χ1n) is 10.4. The summed E-state index contributed by atoms with van der Waals surface area (Å²) >= 11 is 1.77. The highest BCUT2D eigenvalue weighted by molar-refractivity contribution is 7.13. The van der Waals surface area contributed by atoms with Crippen LogP contribution < -0.4 is 0 Å². The van der Waals surface area contributed by atoms with Crippen molar-refractivity contribution in [1.82, 2.24) is 0 Å². The number of hydrogen-bond donors (Lipinski definition) is 1. The van der Waals surface area contributed by atoms with Gasteiger partial charge < -0.3 is 5.11 Å². The molecular weight excluding hydrogens is 388 g/mol. The first kappa shape index (κ1) is 20.6. The average molecular weight is 417 g/mol. The Balaban J connectivity index is 1.83. The summed E-state index contributed by atoms with van der Waals surface area (Å²) in [5.41, 5.74) is 7.02. The van der Waals surface area contributed by atoms with Crippen molar-refractivity contribution in [2.75, 3.05) is 0 Å². The second-order valence-corrected chi connectivity index (χ2v) is 10.4. The topological polar surface area (TPSA) is 37.3 Å². The molecule has 0 radical (unpaired) electrons. The molecule has 3 heteroatoms. The van der Waals surface area contributed by atoms with E-state index in [1.165, 1.54) is 40.0 Å². The minimum absolute atomic E-state index is 0.157. The molecule has 0 atom stereocenters. The fourth-order valence-electron chi connectivity index (χ4n) is 4.34. The van der Waals surface area contributed by atoms with Gasteiger partial charge in [-0.1, -0.05) is 64.1 Å². The highest BCUT2D eigenvalue weighted by atomic mass is 32.1. The fourth-order valence-corrected chi connectivity index (χ4v) is 5.10. The van der Waals surface area contributed by atoms with Crippen molar-refractivity contribution in [1.29, 1.82) is 0 Å². The van der Waals surface area contributed by atoms with Crippen molar-refractivity contribution in [3.63, 3.8) is 0 Å². The van der Waals surface area contributed by atoms with Crippen LogP contribution in [0.2, 0.25) is 0 Å². The quantitative estimate of drug-likeness (QED) is 0.444. The van der Waals surface area contributed by atoms with Crippen LogP contribution in [0.15, 0.2) is 53.9 Å². The Morgan fingerprint density at radius 1 is 0.933 bits per heavy atom. The maximum Gasteiger partial charge on any atom is 0.335 e. The molecule has 2 aromatic carbocycles. The van der Waals surface area contributed by atoms with Gasteiger partial charge in [-0.3, -0.25) is 0 Å². The minimum Gasteiger partial charge on any atom is -0.478 e. The third-order valence-electron chi connectivity index (χ3n) is 6.42. The summed E-state index contributed by atoms with van der Waals surface area (Å²) in [6.45, 7) is 9.42. The molecule has 1 aliphatic rings. The predicted octanol–water partition coefficient (Wildman–Crippen LogP) is 7.63. The zero-order valence-electron chi connectivity index (χ0n) is 18.0. The van der Waals surface area contributed by atoms with Crippen LogP contribution in [0.5, 0.6) is 0 Å². The lowest BCUT2D eigenvalue weighted by Gasteiger charge is -2.42. The molecule has 1 N–H and O–H groups in total. The number of rotatable bonds is 4. The number of fused-ring (bicyclic) bond motifs is 1. The molecule has 4 rings (SSSR count). The summed E-state index contributed by atoms with van der Waals surface area (Å²) in [6, 6.07) is 16.1. The predicted molar refractivity (Wildman–Crippen MR) is 127 cm³/mol. The molecule has 0 fully saturated rings. The summed E-state index contributed by atoms with van der Waals surface area (Å²) < 4.78 is 0. The number of carbonyl (C=O) groups is 1. The third-order valence-corrected chi connectivity index (χ3v) is 7.33. The SMILES string of the molecule is CC1(C)CCC(C)(C)c2cc(-c3cccs3)c(/C=C/c3ccc(C(=O)O)cc3)cc21. The molecule has 0 saturated carbocycles. The van der Waals surface area contributed by atoms with Crippen LogP contribution in [0.4, 0.5) is 0 Å². The summed E-state index contributed by atoms with van der Waals surface area (Å²) in [5, 5.41) is 11.2. The minimum atomic E-state index is -0.898. The van der Waals surface area contributed by atoms with Gasteiger partial charge in [0.15, 0.2) is 0 Å². The van der Waals surface area contributed by atoms with Crippen molar-refractivity contribution < 1.29 is 9.90 Å². The Hall–Kier alpha value is -2.65. The monoisotopic (exact) mass is 416 g/mol. The molecule has 3 aromatic rings. The molecule has 30 heavy (non-hydrogen) atoms. The van der Waals surface area contributed by atoms with E-state index < -0.39 is 5.97 Å². The molecule has 1 aromatic heterocycles. The van der Waals surface area contributed by atoms with E-state index in [2.05, 4.69) is 69.5 Å². The molecular formula is C27H28O2S. The van der Waals surface area contributed by atoms with Crippen LogP contribution in [0.1, 0.15) is 73.1 Å². The van der Waals surface area contributed by atoms with Crippen molar-refractivity contribution in [3.05, 3.63) is 81.7 Å². The standard InChI is InChI=1S/C27H28O2S/c1-26(2)13-14-27(3,4)23-17-21(24-6-5-15-30-24)20(16-22(23)26)12-9-18-7-10-19(11-8-18)25(28)29/h5-12,15-17H,13-14H2,1-4H3,(H,28,29)/b12-9+. The summed E-state index contributed by atoms with van der Waals surface area (Å²) in [5.74, 6) is -0.898. The van der Waals surface area contributed by atoms with Gasteiger partial charge in [0.05, 0.1) is 5.56 Å². The Labute approximate surface area is 182 Å². The van der Waals surface area contributed by atoms with Crippen LogP contribution in [0.3, 0.4) is 0 Å². The molecule has 154 valence electrons. The second kappa shape index (κ2) is 7.55. The van der Waals surface area contributed by atoms with Crippen LogP contribution in [-0.2, 0) is 10.8 Å². The van der Waals surface area contributed by atoms with Gasteiger partial charge in [-0.25, -0.2) is 4.79 Å². The number of benzene rings is 2. The second-order valence-electron chi connectivity index (χ2n) is 9.49. The fraction of sp³-hybridized carbons (Fsp3) is 0.296. The van der Waals surface area contributed by atoms with Crippen LogP contribution >= 0.6 is 11.3 Å². The van der Waals surface area contributed by atoms with Crippen LogP contribution in [-0.4, -0.2) is 11.1 Å². The lowest BCUT2D eigenvalue weighted by molar-refractivity contribution is 0.0697. The molecule has 0 saturated heterocycles. The highest BCUT2D eigenvalue weighted by Crippen LogP contribution is 2.48. The number of hydrogen-bond acceptors (Lipinski definition) is 2. The van der Waals surface area contributed by atoms with Gasteiger partial charge in [-0.05, 0) is 81.1 Å². The summed E-state index contributed by atoms with van der Waals surface area (Å²) in [4.78, 5) is 12.4. The van der Waals surface area contributed by atoms with E-state index in [1.54, 1.807) is 23.5 Å².